The zero-order chi connectivity index (χ0) is 48.6. The van der Waals surface area contributed by atoms with Crippen LogP contribution in [0.4, 0.5) is 0 Å². The van der Waals surface area contributed by atoms with Crippen molar-refractivity contribution < 1.29 is 28.7 Å². The van der Waals surface area contributed by atoms with E-state index in [1.807, 2.05) is 19.0 Å². The van der Waals surface area contributed by atoms with Gasteiger partial charge in [-0.1, -0.05) is 141 Å². The summed E-state index contributed by atoms with van der Waals surface area (Å²) in [4.78, 5) is 59.2. The zero-order valence-electron chi connectivity index (χ0n) is 43.5. The Labute approximate surface area is 406 Å². The molecule has 0 saturated heterocycles. The van der Waals surface area contributed by atoms with Crippen molar-refractivity contribution in [1.29, 1.82) is 0 Å². The van der Waals surface area contributed by atoms with Crippen LogP contribution in [0.1, 0.15) is 240 Å². The first-order valence-corrected chi connectivity index (χ1v) is 26.9. The van der Waals surface area contributed by atoms with E-state index in [1.165, 1.54) is 64.2 Å². The first-order valence-electron chi connectivity index (χ1n) is 26.9. The highest BCUT2D eigenvalue weighted by molar-refractivity contribution is 5.91. The van der Waals surface area contributed by atoms with Gasteiger partial charge in [0.05, 0.1) is 0 Å². The second kappa shape index (κ2) is 46.5. The van der Waals surface area contributed by atoms with Crippen LogP contribution in [0, 0.1) is 23.7 Å². The molecule has 2 amide bonds. The van der Waals surface area contributed by atoms with E-state index in [4.69, 9.17) is 9.47 Å². The third kappa shape index (κ3) is 36.5. The summed E-state index contributed by atoms with van der Waals surface area (Å²) in [7, 11) is 4.02. The van der Waals surface area contributed by atoms with Gasteiger partial charge in [0.2, 0.25) is 11.8 Å². The molecular weight excluding hydrogens is 823 g/mol. The quantitative estimate of drug-likeness (QED) is 0.0281. The lowest BCUT2D eigenvalue weighted by atomic mass is 9.83. The summed E-state index contributed by atoms with van der Waals surface area (Å²) in [6.45, 7) is 10.8. The number of hydrogen-bond donors (Lipinski definition) is 1. The summed E-state index contributed by atoms with van der Waals surface area (Å²) in [6, 6.07) is 0. The molecule has 0 rings (SSSR count). The van der Waals surface area contributed by atoms with Crippen molar-refractivity contribution in [2.45, 2.75) is 245 Å². The SMILES string of the molecule is CCCCC/C=C\C/C=C\CCCCCCCC(=O)N(CCCN(C)C)C(CCCC(=O)OCCC#CCCCCCC)(CCCC(=O)OCCC#CCCCCCC)C(=O)NCCCC. The molecule has 0 aromatic heterocycles. The number of carbonyl (C=O) groups excluding carboxylic acids is 4. The van der Waals surface area contributed by atoms with Gasteiger partial charge >= 0.3 is 11.9 Å². The van der Waals surface area contributed by atoms with Crippen LogP contribution in [0.15, 0.2) is 24.3 Å². The summed E-state index contributed by atoms with van der Waals surface area (Å²) in [5.74, 6) is 11.7. The number of ether oxygens (including phenoxy) is 2. The molecule has 0 aliphatic rings. The minimum atomic E-state index is -1.23. The average Bonchev–Trinajstić information content (AvgIpc) is 3.30. The largest absolute Gasteiger partial charge is 0.465 e. The van der Waals surface area contributed by atoms with Gasteiger partial charge < -0.3 is 24.6 Å². The van der Waals surface area contributed by atoms with Crippen molar-refractivity contribution in [1.82, 2.24) is 15.1 Å². The third-order valence-electron chi connectivity index (χ3n) is 11.9. The van der Waals surface area contributed by atoms with Gasteiger partial charge in [-0.25, -0.2) is 0 Å². The number of allylic oxidation sites excluding steroid dienone is 4. The Balaban J connectivity index is 5.97. The van der Waals surface area contributed by atoms with Crippen LogP contribution in [0.3, 0.4) is 0 Å². The summed E-state index contributed by atoms with van der Waals surface area (Å²) in [5.41, 5.74) is -1.23. The lowest BCUT2D eigenvalue weighted by Crippen LogP contribution is -2.61. The standard InChI is InChI=1S/C57H99N3O6/c1-7-11-15-18-21-24-25-26-27-28-29-30-31-34-37-43-53(61)60(50-42-49-59(5)6)57(56(64)58-48-14-10-4,46-40-44-54(62)65-51-38-35-32-22-19-16-12-8-2)47-41-45-55(63)66-52-39-36-33-23-20-17-13-9-3/h21,24,26-27H,7-20,22-23,25,28-31,34,37-52H2,1-6H3,(H,58,64)/b24-21-,27-26-. The topological polar surface area (TPSA) is 105 Å². The molecule has 0 unspecified atom stereocenters. The van der Waals surface area contributed by atoms with Crippen LogP contribution in [-0.2, 0) is 28.7 Å². The minimum absolute atomic E-state index is 0.0447. The molecule has 0 radical (unpaired) electrons. The monoisotopic (exact) mass is 922 g/mol. The maximum absolute atomic E-state index is 14.7. The maximum Gasteiger partial charge on any atom is 0.305 e. The van der Waals surface area contributed by atoms with E-state index < -0.39 is 5.54 Å². The summed E-state index contributed by atoms with van der Waals surface area (Å²) in [5, 5.41) is 3.18. The van der Waals surface area contributed by atoms with Crippen molar-refractivity contribution in [2.75, 3.05) is 46.9 Å². The van der Waals surface area contributed by atoms with Gasteiger partial charge in [-0.2, -0.15) is 0 Å². The fourth-order valence-corrected chi connectivity index (χ4v) is 7.89. The van der Waals surface area contributed by atoms with Gasteiger partial charge in [0, 0.05) is 58.0 Å². The normalized spacial score (nSPS) is 11.4. The van der Waals surface area contributed by atoms with Crippen molar-refractivity contribution in [3.05, 3.63) is 24.3 Å². The average molecular weight is 922 g/mol. The molecule has 0 aliphatic heterocycles. The Hall–Kier alpha value is -3.56. The molecule has 0 spiro atoms. The van der Waals surface area contributed by atoms with Crippen molar-refractivity contribution in [3.8, 4) is 23.7 Å². The van der Waals surface area contributed by atoms with E-state index in [9.17, 15) is 19.2 Å². The number of unbranched alkanes of at least 4 members (excludes halogenated alkanes) is 17. The van der Waals surface area contributed by atoms with Gasteiger partial charge in [-0.05, 0) is 111 Å². The zero-order valence-corrected chi connectivity index (χ0v) is 43.5. The van der Waals surface area contributed by atoms with Crippen LogP contribution < -0.4 is 5.32 Å². The summed E-state index contributed by atoms with van der Waals surface area (Å²) >= 11 is 0. The molecule has 0 heterocycles. The lowest BCUT2D eigenvalue weighted by molar-refractivity contribution is -0.151. The highest BCUT2D eigenvalue weighted by Gasteiger charge is 2.45. The number of amides is 2. The fraction of sp³-hybridized carbons (Fsp3) is 0.789. The van der Waals surface area contributed by atoms with Gasteiger partial charge in [-0.3, -0.25) is 19.2 Å². The molecule has 0 saturated carbocycles. The van der Waals surface area contributed by atoms with Gasteiger partial charge in [0.15, 0.2) is 0 Å². The van der Waals surface area contributed by atoms with Crippen molar-refractivity contribution >= 4 is 23.8 Å². The van der Waals surface area contributed by atoms with Crippen molar-refractivity contribution in [3.63, 3.8) is 0 Å². The van der Waals surface area contributed by atoms with E-state index in [2.05, 4.69) is 85.9 Å². The molecule has 9 nitrogen and oxygen atoms in total. The van der Waals surface area contributed by atoms with Gasteiger partial charge in [-0.15, -0.1) is 11.8 Å². The van der Waals surface area contributed by atoms with E-state index in [1.54, 1.807) is 0 Å². The third-order valence-corrected chi connectivity index (χ3v) is 11.9. The highest BCUT2D eigenvalue weighted by Crippen LogP contribution is 2.32. The molecule has 0 atom stereocenters. The number of nitrogens with zero attached hydrogens (tertiary/aromatic N) is 2. The first-order chi connectivity index (χ1) is 32.2. The van der Waals surface area contributed by atoms with Gasteiger partial charge in [0.1, 0.15) is 18.8 Å². The van der Waals surface area contributed by atoms with E-state index in [0.29, 0.717) is 51.6 Å². The molecule has 1 N–H and O–H groups in total. The summed E-state index contributed by atoms with van der Waals surface area (Å²) < 4.78 is 11.1. The Morgan fingerprint density at radius 2 is 0.970 bits per heavy atom. The molecule has 0 bridgehead atoms. The predicted octanol–water partition coefficient (Wildman–Crippen LogP) is 13.4. The molecule has 0 fully saturated rings. The number of carbonyl (C=O) groups is 4. The molecular formula is C57H99N3O6. The second-order valence-electron chi connectivity index (χ2n) is 18.3. The number of esters is 2. The number of nitrogens with one attached hydrogen (secondary N) is 1. The first kappa shape index (κ1) is 62.4. The van der Waals surface area contributed by atoms with E-state index in [0.717, 1.165) is 90.0 Å². The molecule has 0 aromatic carbocycles. The number of hydrogen-bond acceptors (Lipinski definition) is 7. The number of rotatable bonds is 43. The van der Waals surface area contributed by atoms with Crippen LogP contribution in [0.2, 0.25) is 0 Å². The predicted molar refractivity (Wildman–Crippen MR) is 277 cm³/mol. The lowest BCUT2D eigenvalue weighted by Gasteiger charge is -2.43. The smallest absolute Gasteiger partial charge is 0.305 e. The van der Waals surface area contributed by atoms with E-state index in [-0.39, 0.29) is 62.7 Å². The molecule has 378 valence electrons. The Kier molecular flexibility index (Phi) is 44.0. The Morgan fingerprint density at radius 3 is 1.50 bits per heavy atom. The summed E-state index contributed by atoms with van der Waals surface area (Å²) in [6.07, 6.45) is 37.6. The van der Waals surface area contributed by atoms with Crippen LogP contribution in [0.5, 0.6) is 0 Å². The Morgan fingerprint density at radius 1 is 0.500 bits per heavy atom. The molecule has 0 aliphatic carbocycles. The van der Waals surface area contributed by atoms with E-state index >= 15 is 0 Å². The molecule has 0 aromatic rings. The van der Waals surface area contributed by atoms with Crippen LogP contribution in [-0.4, -0.2) is 86.0 Å². The second-order valence-corrected chi connectivity index (χ2v) is 18.3. The molecule has 9 heteroatoms. The van der Waals surface area contributed by atoms with Crippen LogP contribution >= 0.6 is 0 Å². The Bertz CT molecular complexity index is 1350. The highest BCUT2D eigenvalue weighted by atomic mass is 16.5. The van der Waals surface area contributed by atoms with Crippen molar-refractivity contribution in [2.24, 2.45) is 0 Å². The van der Waals surface area contributed by atoms with Gasteiger partial charge in [0.25, 0.3) is 0 Å². The fourth-order valence-electron chi connectivity index (χ4n) is 7.89. The maximum atomic E-state index is 14.7. The minimum Gasteiger partial charge on any atom is -0.465 e. The molecule has 66 heavy (non-hydrogen) atoms. The van der Waals surface area contributed by atoms with Crippen LogP contribution in [0.25, 0.3) is 0 Å².